The molecule has 1 fully saturated rings. The van der Waals surface area contributed by atoms with Crippen LogP contribution in [0.15, 0.2) is 22.7 Å². The predicted octanol–water partition coefficient (Wildman–Crippen LogP) is 3.06. The Morgan fingerprint density at radius 2 is 2.11 bits per heavy atom. The third kappa shape index (κ3) is 3.22. The summed E-state index contributed by atoms with van der Waals surface area (Å²) in [5.41, 5.74) is 7.70. The lowest BCUT2D eigenvalue weighted by molar-refractivity contribution is 0.0658. The first-order valence-corrected chi connectivity index (χ1v) is 7.16. The van der Waals surface area contributed by atoms with E-state index >= 15 is 0 Å². The van der Waals surface area contributed by atoms with Crippen molar-refractivity contribution in [1.29, 1.82) is 0 Å². The van der Waals surface area contributed by atoms with Crippen molar-refractivity contribution < 1.29 is 4.74 Å². The summed E-state index contributed by atoms with van der Waals surface area (Å²) in [6.07, 6.45) is 1.97. The summed E-state index contributed by atoms with van der Waals surface area (Å²) in [7, 11) is 0. The Morgan fingerprint density at radius 1 is 1.44 bits per heavy atom. The second-order valence-electron chi connectivity index (χ2n) is 4.85. The zero-order valence-corrected chi connectivity index (χ0v) is 12.7. The first-order chi connectivity index (χ1) is 8.50. The van der Waals surface area contributed by atoms with Crippen LogP contribution >= 0.6 is 28.1 Å². The van der Waals surface area contributed by atoms with E-state index in [4.69, 9.17) is 22.7 Å². The fourth-order valence-corrected chi connectivity index (χ4v) is 2.63. The van der Waals surface area contributed by atoms with Gasteiger partial charge in [-0.15, -0.1) is 0 Å². The third-order valence-electron chi connectivity index (χ3n) is 3.28. The van der Waals surface area contributed by atoms with E-state index in [1.54, 1.807) is 0 Å². The maximum absolute atomic E-state index is 5.78. The summed E-state index contributed by atoms with van der Waals surface area (Å²) in [6, 6.07) is 5.96. The predicted molar refractivity (Wildman–Crippen MR) is 82.1 cm³/mol. The topological polar surface area (TPSA) is 47.3 Å². The summed E-state index contributed by atoms with van der Waals surface area (Å²) < 4.78 is 6.38. The Bertz CT molecular complexity index is 458. The molecule has 2 rings (SSSR count). The molecule has 0 aromatic heterocycles. The van der Waals surface area contributed by atoms with Crippen LogP contribution in [0.3, 0.4) is 0 Å². The van der Waals surface area contributed by atoms with E-state index in [2.05, 4.69) is 28.2 Å². The highest BCUT2D eigenvalue weighted by molar-refractivity contribution is 9.10. The van der Waals surface area contributed by atoms with Gasteiger partial charge in [0.15, 0.2) is 0 Å². The fraction of sp³-hybridized carbons (Fsp3) is 0.462. The Morgan fingerprint density at radius 3 is 2.72 bits per heavy atom. The molecule has 98 valence electrons. The number of ether oxygens (including phenoxy) is 1. The van der Waals surface area contributed by atoms with Crippen LogP contribution in [0.5, 0.6) is 0 Å². The minimum atomic E-state index is 0.0472. The monoisotopic (exact) mass is 328 g/mol. The van der Waals surface area contributed by atoms with Crippen LogP contribution in [0.1, 0.15) is 25.3 Å². The van der Waals surface area contributed by atoms with Gasteiger partial charge in [-0.1, -0.05) is 28.1 Å². The zero-order chi connectivity index (χ0) is 13.2. The van der Waals surface area contributed by atoms with Gasteiger partial charge in [-0.25, -0.2) is 0 Å². The molecule has 0 aliphatic carbocycles. The van der Waals surface area contributed by atoms with Crippen LogP contribution < -0.4 is 11.1 Å². The van der Waals surface area contributed by atoms with E-state index in [-0.39, 0.29) is 5.54 Å². The van der Waals surface area contributed by atoms with Gasteiger partial charge < -0.3 is 15.8 Å². The maximum Gasteiger partial charge on any atom is 0.106 e. The Labute approximate surface area is 121 Å². The largest absolute Gasteiger partial charge is 0.389 e. The molecule has 3 nitrogen and oxygen atoms in total. The van der Waals surface area contributed by atoms with Gasteiger partial charge in [-0.2, -0.15) is 0 Å². The van der Waals surface area contributed by atoms with E-state index in [1.165, 1.54) is 0 Å². The molecular weight excluding hydrogens is 312 g/mol. The molecule has 0 amide bonds. The summed E-state index contributed by atoms with van der Waals surface area (Å²) in [6.45, 7) is 3.80. The zero-order valence-electron chi connectivity index (χ0n) is 10.3. The molecule has 1 heterocycles. The number of hydrogen-bond donors (Lipinski definition) is 2. The normalized spacial score (nSPS) is 18.3. The minimum Gasteiger partial charge on any atom is -0.389 e. The summed E-state index contributed by atoms with van der Waals surface area (Å²) in [4.78, 5) is 0.412. The van der Waals surface area contributed by atoms with Gasteiger partial charge in [0.1, 0.15) is 4.99 Å². The molecule has 0 saturated carbocycles. The van der Waals surface area contributed by atoms with Gasteiger partial charge >= 0.3 is 0 Å². The first-order valence-electron chi connectivity index (χ1n) is 5.95. The molecule has 1 aromatic rings. The van der Waals surface area contributed by atoms with Gasteiger partial charge in [0.2, 0.25) is 0 Å². The van der Waals surface area contributed by atoms with Crippen LogP contribution in [-0.2, 0) is 4.74 Å². The number of rotatable bonds is 3. The van der Waals surface area contributed by atoms with Crippen molar-refractivity contribution in [2.75, 3.05) is 18.5 Å². The van der Waals surface area contributed by atoms with Crippen molar-refractivity contribution >= 4 is 38.8 Å². The molecule has 1 saturated heterocycles. The van der Waals surface area contributed by atoms with Crippen molar-refractivity contribution in [2.45, 2.75) is 25.3 Å². The molecule has 0 unspecified atom stereocenters. The van der Waals surface area contributed by atoms with Gasteiger partial charge in [0, 0.05) is 34.5 Å². The number of halogens is 1. The molecule has 3 N–H and O–H groups in total. The number of thiocarbonyl (C=S) groups is 1. The van der Waals surface area contributed by atoms with Crippen molar-refractivity contribution in [3.63, 3.8) is 0 Å². The number of anilines is 1. The molecule has 1 aromatic carbocycles. The second kappa shape index (κ2) is 5.55. The van der Waals surface area contributed by atoms with Crippen LogP contribution in [0, 0.1) is 0 Å². The van der Waals surface area contributed by atoms with Crippen molar-refractivity contribution in [2.24, 2.45) is 5.73 Å². The van der Waals surface area contributed by atoms with E-state index < -0.39 is 0 Å². The summed E-state index contributed by atoms with van der Waals surface area (Å²) >= 11 is 8.55. The molecule has 0 bridgehead atoms. The SMILES string of the molecule is CC1(Nc2ccc(Br)cc2C(N)=S)CCOCC1. The highest BCUT2D eigenvalue weighted by Gasteiger charge is 2.27. The van der Waals surface area contributed by atoms with Crippen LogP contribution in [0.25, 0.3) is 0 Å². The average molecular weight is 329 g/mol. The Hall–Kier alpha value is -0.650. The lowest BCUT2D eigenvalue weighted by atomic mass is 9.91. The van der Waals surface area contributed by atoms with Gasteiger partial charge in [-0.3, -0.25) is 0 Å². The molecule has 1 aliphatic heterocycles. The quantitative estimate of drug-likeness (QED) is 0.837. The lowest BCUT2D eigenvalue weighted by Crippen LogP contribution is -2.41. The lowest BCUT2D eigenvalue weighted by Gasteiger charge is -2.36. The van der Waals surface area contributed by atoms with Crippen molar-refractivity contribution in [3.8, 4) is 0 Å². The number of hydrogen-bond acceptors (Lipinski definition) is 3. The van der Waals surface area contributed by atoms with E-state index in [0.29, 0.717) is 4.99 Å². The van der Waals surface area contributed by atoms with Gasteiger partial charge in [0.05, 0.1) is 0 Å². The number of benzene rings is 1. The molecular formula is C13H17BrN2OS. The number of nitrogens with two attached hydrogens (primary N) is 1. The van der Waals surface area contributed by atoms with E-state index in [0.717, 1.165) is 41.8 Å². The van der Waals surface area contributed by atoms with Crippen molar-refractivity contribution in [1.82, 2.24) is 0 Å². The number of nitrogens with one attached hydrogen (secondary N) is 1. The molecule has 0 atom stereocenters. The van der Waals surface area contributed by atoms with Crippen LogP contribution in [-0.4, -0.2) is 23.7 Å². The molecule has 5 heteroatoms. The second-order valence-corrected chi connectivity index (χ2v) is 6.21. The standard InChI is InChI=1S/C13H17BrN2OS/c1-13(4-6-17-7-5-13)16-11-3-2-9(14)8-10(11)12(15)18/h2-3,8,16H,4-7H2,1H3,(H2,15,18). The van der Waals surface area contributed by atoms with Crippen molar-refractivity contribution in [3.05, 3.63) is 28.2 Å². The first kappa shape index (κ1) is 13.8. The minimum absolute atomic E-state index is 0.0472. The maximum atomic E-state index is 5.78. The van der Waals surface area contributed by atoms with Gasteiger partial charge in [-0.05, 0) is 38.0 Å². The van der Waals surface area contributed by atoms with Crippen LogP contribution in [0.4, 0.5) is 5.69 Å². The summed E-state index contributed by atoms with van der Waals surface area (Å²) in [5, 5.41) is 3.57. The average Bonchev–Trinajstić information content (AvgIpc) is 2.32. The van der Waals surface area contributed by atoms with Crippen LogP contribution in [0.2, 0.25) is 0 Å². The van der Waals surface area contributed by atoms with Gasteiger partial charge in [0.25, 0.3) is 0 Å². The highest BCUT2D eigenvalue weighted by Crippen LogP contribution is 2.29. The third-order valence-corrected chi connectivity index (χ3v) is 3.99. The Kier molecular flexibility index (Phi) is 4.25. The van der Waals surface area contributed by atoms with E-state index in [9.17, 15) is 0 Å². The fourth-order valence-electron chi connectivity index (χ4n) is 2.10. The molecule has 0 spiro atoms. The van der Waals surface area contributed by atoms with E-state index in [1.807, 2.05) is 18.2 Å². The Balaban J connectivity index is 2.25. The molecule has 0 radical (unpaired) electrons. The molecule has 18 heavy (non-hydrogen) atoms. The molecule has 1 aliphatic rings. The smallest absolute Gasteiger partial charge is 0.106 e. The highest BCUT2D eigenvalue weighted by atomic mass is 79.9. The summed E-state index contributed by atoms with van der Waals surface area (Å²) in [5.74, 6) is 0.